The van der Waals surface area contributed by atoms with Gasteiger partial charge in [0.15, 0.2) is 11.5 Å². The number of aromatic nitrogens is 2. The molecule has 0 aliphatic rings. The highest BCUT2D eigenvalue weighted by Crippen LogP contribution is 2.28. The molecule has 0 radical (unpaired) electrons. The highest BCUT2D eigenvalue weighted by Gasteiger charge is 2.14. The topological polar surface area (TPSA) is 73.3 Å². The number of halogens is 1. The average molecular weight is 383 g/mol. The second kappa shape index (κ2) is 9.12. The van der Waals surface area contributed by atoms with Gasteiger partial charge in [0, 0.05) is 25.0 Å². The average Bonchev–Trinajstić information content (AvgIpc) is 2.72. The first-order valence-corrected chi connectivity index (χ1v) is 9.10. The second-order valence-electron chi connectivity index (χ2n) is 6.25. The van der Waals surface area contributed by atoms with Crippen LogP contribution in [0.25, 0.3) is 11.0 Å². The van der Waals surface area contributed by atoms with Crippen molar-refractivity contribution < 1.29 is 18.7 Å². The highest BCUT2D eigenvalue weighted by molar-refractivity contribution is 6.04. The number of methoxy groups -OCH3 is 1. The molecule has 0 aliphatic carbocycles. The molecule has 0 fully saturated rings. The van der Waals surface area contributed by atoms with Gasteiger partial charge in [-0.25, -0.2) is 4.39 Å². The lowest BCUT2D eigenvalue weighted by molar-refractivity contribution is 0.0952. The summed E-state index contributed by atoms with van der Waals surface area (Å²) in [7, 11) is 1.57. The third-order valence-corrected chi connectivity index (χ3v) is 4.22. The van der Waals surface area contributed by atoms with E-state index in [0.29, 0.717) is 29.1 Å². The van der Waals surface area contributed by atoms with E-state index in [4.69, 9.17) is 9.47 Å². The van der Waals surface area contributed by atoms with Gasteiger partial charge in [-0.3, -0.25) is 14.8 Å². The van der Waals surface area contributed by atoms with Crippen LogP contribution in [-0.2, 0) is 6.54 Å². The number of ether oxygens (including phenoxy) is 2. The van der Waals surface area contributed by atoms with Crippen LogP contribution >= 0.6 is 0 Å². The van der Waals surface area contributed by atoms with E-state index in [2.05, 4.69) is 22.2 Å². The number of nitrogens with one attached hydrogen (secondary N) is 1. The lowest BCUT2D eigenvalue weighted by Gasteiger charge is -2.13. The number of fused-ring (bicyclic) bond motifs is 1. The molecule has 6 nitrogen and oxygen atoms in total. The van der Waals surface area contributed by atoms with Crippen LogP contribution in [0.2, 0.25) is 0 Å². The van der Waals surface area contributed by atoms with Crippen LogP contribution < -0.4 is 14.8 Å². The fourth-order valence-electron chi connectivity index (χ4n) is 2.76. The largest absolute Gasteiger partial charge is 0.493 e. The molecular formula is C21H22FN3O3. The zero-order chi connectivity index (χ0) is 19.9. The summed E-state index contributed by atoms with van der Waals surface area (Å²) in [6.07, 6.45) is 4.94. The standard InChI is InChI=1S/C21H22FN3O3/c1-3-4-9-28-18-6-5-14(10-19(18)27-2)13-25-21(26)16-11-15(22)12-17-20(16)24-8-7-23-17/h5-8,10-12H,3-4,9,13H2,1-2H3,(H,25,26). The Morgan fingerprint density at radius 2 is 1.96 bits per heavy atom. The fraction of sp³-hybridized carbons (Fsp3) is 0.286. The molecule has 2 aromatic carbocycles. The molecule has 0 saturated heterocycles. The molecule has 7 heteroatoms. The van der Waals surface area contributed by atoms with Crippen LogP contribution in [0.4, 0.5) is 4.39 Å². The first kappa shape index (κ1) is 19.5. The molecule has 0 saturated carbocycles. The van der Waals surface area contributed by atoms with E-state index in [-0.39, 0.29) is 12.1 Å². The summed E-state index contributed by atoms with van der Waals surface area (Å²) in [5.74, 6) is 0.308. The van der Waals surface area contributed by atoms with Gasteiger partial charge in [-0.2, -0.15) is 0 Å². The minimum absolute atomic E-state index is 0.148. The van der Waals surface area contributed by atoms with Crippen LogP contribution in [0.1, 0.15) is 35.7 Å². The van der Waals surface area contributed by atoms with Gasteiger partial charge in [0.1, 0.15) is 11.3 Å². The van der Waals surface area contributed by atoms with Crippen LogP contribution in [0.15, 0.2) is 42.7 Å². The summed E-state index contributed by atoms with van der Waals surface area (Å²) in [6.45, 7) is 2.97. The lowest BCUT2D eigenvalue weighted by Crippen LogP contribution is -2.23. The van der Waals surface area contributed by atoms with E-state index in [1.807, 2.05) is 18.2 Å². The first-order valence-electron chi connectivity index (χ1n) is 9.10. The van der Waals surface area contributed by atoms with Gasteiger partial charge in [-0.15, -0.1) is 0 Å². The minimum atomic E-state index is -0.534. The van der Waals surface area contributed by atoms with Gasteiger partial charge in [-0.1, -0.05) is 19.4 Å². The normalized spacial score (nSPS) is 10.7. The molecule has 1 aromatic heterocycles. The quantitative estimate of drug-likeness (QED) is 0.598. The number of unbranched alkanes of at least 4 members (excludes halogenated alkanes) is 1. The van der Waals surface area contributed by atoms with Crippen molar-refractivity contribution in [1.82, 2.24) is 15.3 Å². The molecule has 146 valence electrons. The van der Waals surface area contributed by atoms with E-state index < -0.39 is 11.7 Å². The Bertz CT molecular complexity index is 978. The first-order chi connectivity index (χ1) is 13.6. The third-order valence-electron chi connectivity index (χ3n) is 4.22. The zero-order valence-electron chi connectivity index (χ0n) is 15.9. The van der Waals surface area contributed by atoms with Crippen molar-refractivity contribution in [1.29, 1.82) is 0 Å². The van der Waals surface area contributed by atoms with Crippen molar-refractivity contribution in [3.8, 4) is 11.5 Å². The number of hydrogen-bond acceptors (Lipinski definition) is 5. The molecule has 0 unspecified atom stereocenters. The predicted molar refractivity (Wildman–Crippen MR) is 104 cm³/mol. The van der Waals surface area contributed by atoms with Crippen LogP contribution in [0.5, 0.6) is 11.5 Å². The molecule has 0 aliphatic heterocycles. The smallest absolute Gasteiger partial charge is 0.253 e. The Morgan fingerprint density at radius 1 is 1.14 bits per heavy atom. The summed E-state index contributed by atoms with van der Waals surface area (Å²) < 4.78 is 24.9. The lowest BCUT2D eigenvalue weighted by atomic mass is 10.1. The van der Waals surface area contributed by atoms with Gasteiger partial charge in [0.2, 0.25) is 0 Å². The molecule has 1 heterocycles. The maximum atomic E-state index is 13.8. The molecular weight excluding hydrogens is 361 g/mol. The monoisotopic (exact) mass is 383 g/mol. The Balaban J connectivity index is 1.73. The SMILES string of the molecule is CCCCOc1ccc(CNC(=O)c2cc(F)cc3nccnc23)cc1OC. The van der Waals surface area contributed by atoms with Crippen LogP contribution in [0.3, 0.4) is 0 Å². The van der Waals surface area contributed by atoms with E-state index in [1.54, 1.807) is 7.11 Å². The molecule has 0 atom stereocenters. The third kappa shape index (κ3) is 4.54. The second-order valence-corrected chi connectivity index (χ2v) is 6.25. The predicted octanol–water partition coefficient (Wildman–Crippen LogP) is 3.89. The molecule has 3 rings (SSSR count). The number of hydrogen-bond donors (Lipinski definition) is 1. The Labute approximate surface area is 162 Å². The van der Waals surface area contributed by atoms with Gasteiger partial charge in [-0.05, 0) is 30.2 Å². The van der Waals surface area contributed by atoms with E-state index >= 15 is 0 Å². The zero-order valence-corrected chi connectivity index (χ0v) is 15.9. The summed E-state index contributed by atoms with van der Waals surface area (Å²) >= 11 is 0. The van der Waals surface area contributed by atoms with Gasteiger partial charge < -0.3 is 14.8 Å². The highest BCUT2D eigenvalue weighted by atomic mass is 19.1. The summed E-state index contributed by atoms with van der Waals surface area (Å²) in [6, 6.07) is 7.90. The van der Waals surface area contributed by atoms with E-state index in [9.17, 15) is 9.18 Å². The van der Waals surface area contributed by atoms with Gasteiger partial charge >= 0.3 is 0 Å². The van der Waals surface area contributed by atoms with Crippen molar-refractivity contribution >= 4 is 16.9 Å². The van der Waals surface area contributed by atoms with Gasteiger partial charge in [0.05, 0.1) is 24.8 Å². The molecule has 28 heavy (non-hydrogen) atoms. The molecule has 1 amide bonds. The summed E-state index contributed by atoms with van der Waals surface area (Å²) in [5, 5.41) is 2.79. The molecule has 0 spiro atoms. The van der Waals surface area contributed by atoms with Crippen molar-refractivity contribution in [3.05, 3.63) is 59.7 Å². The summed E-state index contributed by atoms with van der Waals surface area (Å²) in [5.41, 5.74) is 1.68. The Hall–Kier alpha value is -3.22. The summed E-state index contributed by atoms with van der Waals surface area (Å²) in [4.78, 5) is 20.8. The van der Waals surface area contributed by atoms with Crippen molar-refractivity contribution in [2.45, 2.75) is 26.3 Å². The fourth-order valence-corrected chi connectivity index (χ4v) is 2.76. The Morgan fingerprint density at radius 3 is 2.75 bits per heavy atom. The number of carbonyl (C=O) groups excluding carboxylic acids is 1. The Kier molecular flexibility index (Phi) is 6.37. The van der Waals surface area contributed by atoms with E-state index in [0.717, 1.165) is 24.5 Å². The van der Waals surface area contributed by atoms with Crippen molar-refractivity contribution in [2.75, 3.05) is 13.7 Å². The van der Waals surface area contributed by atoms with E-state index in [1.165, 1.54) is 18.5 Å². The number of amides is 1. The number of benzene rings is 2. The van der Waals surface area contributed by atoms with Crippen molar-refractivity contribution in [3.63, 3.8) is 0 Å². The number of rotatable bonds is 8. The number of nitrogens with zero attached hydrogens (tertiary/aromatic N) is 2. The van der Waals surface area contributed by atoms with Gasteiger partial charge in [0.25, 0.3) is 5.91 Å². The van der Waals surface area contributed by atoms with Crippen LogP contribution in [0, 0.1) is 5.82 Å². The maximum absolute atomic E-state index is 13.8. The molecule has 0 bridgehead atoms. The number of carbonyl (C=O) groups is 1. The minimum Gasteiger partial charge on any atom is -0.493 e. The molecule has 1 N–H and O–H groups in total. The molecule has 3 aromatic rings. The van der Waals surface area contributed by atoms with Crippen molar-refractivity contribution in [2.24, 2.45) is 0 Å². The van der Waals surface area contributed by atoms with Crippen LogP contribution in [-0.4, -0.2) is 29.6 Å². The maximum Gasteiger partial charge on any atom is 0.253 e.